The summed E-state index contributed by atoms with van der Waals surface area (Å²) >= 11 is 7.39. The van der Waals surface area contributed by atoms with Crippen LogP contribution >= 0.6 is 23.4 Å². The lowest BCUT2D eigenvalue weighted by Gasteiger charge is -2.09. The highest BCUT2D eigenvalue weighted by Crippen LogP contribution is 2.22. The van der Waals surface area contributed by atoms with E-state index in [1.54, 1.807) is 36.0 Å². The molecule has 10 heteroatoms. The van der Waals surface area contributed by atoms with Crippen molar-refractivity contribution in [3.8, 4) is 0 Å². The van der Waals surface area contributed by atoms with Crippen LogP contribution in [0.15, 0.2) is 70.7 Å². The molecule has 3 aromatic rings. The molecule has 28 heavy (non-hydrogen) atoms. The van der Waals surface area contributed by atoms with Crippen molar-refractivity contribution in [1.29, 1.82) is 0 Å². The molecule has 0 saturated heterocycles. The van der Waals surface area contributed by atoms with E-state index < -0.39 is 10.0 Å². The number of hydrogen-bond acceptors (Lipinski definition) is 5. The zero-order valence-electron chi connectivity index (χ0n) is 14.6. The first-order valence-electron chi connectivity index (χ1n) is 8.22. The molecule has 3 rings (SSSR count). The van der Waals surface area contributed by atoms with Gasteiger partial charge in [-0.15, -0.1) is 11.8 Å². The Kier molecular flexibility index (Phi) is 6.61. The Morgan fingerprint density at radius 3 is 2.64 bits per heavy atom. The largest absolute Gasteiger partial charge is 0.326 e. The van der Waals surface area contributed by atoms with Gasteiger partial charge in [0.1, 0.15) is 0 Å². The molecule has 146 valence electrons. The lowest BCUT2D eigenvalue weighted by atomic mass is 10.3. The maximum Gasteiger partial charge on any atom is 0.262 e. The Morgan fingerprint density at radius 2 is 1.93 bits per heavy atom. The fourth-order valence-corrected chi connectivity index (χ4v) is 4.33. The molecule has 2 aromatic carbocycles. The quantitative estimate of drug-likeness (QED) is 0.463. The molecular weight excluding hydrogens is 420 g/mol. The number of halogens is 1. The monoisotopic (exact) mass is 436 g/mol. The Hall–Kier alpha value is -2.49. The highest BCUT2D eigenvalue weighted by Gasteiger charge is 2.15. The van der Waals surface area contributed by atoms with Crippen molar-refractivity contribution in [1.82, 2.24) is 10.2 Å². The fourth-order valence-electron chi connectivity index (χ4n) is 2.28. The minimum Gasteiger partial charge on any atom is -0.326 e. The minimum absolute atomic E-state index is 0.0436. The fraction of sp³-hybridized carbons (Fsp3) is 0.111. The smallest absolute Gasteiger partial charge is 0.262 e. The predicted octanol–water partition coefficient (Wildman–Crippen LogP) is 3.98. The number of hydrogen-bond donors (Lipinski definition) is 3. The van der Waals surface area contributed by atoms with Crippen LogP contribution in [0.1, 0.15) is 6.42 Å². The molecule has 0 bridgehead atoms. The van der Waals surface area contributed by atoms with Crippen LogP contribution in [0.4, 0.5) is 11.4 Å². The minimum atomic E-state index is -3.77. The van der Waals surface area contributed by atoms with Crippen LogP contribution < -0.4 is 10.0 Å². The number of nitrogens with zero attached hydrogens (tertiary/aromatic N) is 1. The number of carbonyl (C=O) groups is 1. The molecule has 1 heterocycles. The van der Waals surface area contributed by atoms with Crippen molar-refractivity contribution < 1.29 is 13.2 Å². The van der Waals surface area contributed by atoms with Gasteiger partial charge in [0, 0.05) is 34.0 Å². The van der Waals surface area contributed by atoms with Crippen LogP contribution in [0.5, 0.6) is 0 Å². The van der Waals surface area contributed by atoms with E-state index in [4.69, 9.17) is 11.6 Å². The number of aromatic amines is 1. The van der Waals surface area contributed by atoms with E-state index in [1.165, 1.54) is 24.5 Å². The Bertz CT molecular complexity index is 1040. The molecule has 0 radical (unpaired) electrons. The molecule has 1 amide bonds. The highest BCUT2D eigenvalue weighted by atomic mass is 35.5. The first kappa shape index (κ1) is 20.2. The number of H-pyrrole nitrogens is 1. The van der Waals surface area contributed by atoms with Crippen LogP contribution in [0.25, 0.3) is 0 Å². The van der Waals surface area contributed by atoms with Crippen LogP contribution in [-0.2, 0) is 14.8 Å². The number of anilines is 2. The van der Waals surface area contributed by atoms with Gasteiger partial charge in [-0.1, -0.05) is 17.7 Å². The average molecular weight is 437 g/mol. The molecule has 0 spiro atoms. The third kappa shape index (κ3) is 5.75. The number of rotatable bonds is 8. The molecule has 0 saturated carbocycles. The average Bonchev–Trinajstić information content (AvgIpc) is 3.16. The van der Waals surface area contributed by atoms with Gasteiger partial charge in [0.05, 0.1) is 16.8 Å². The van der Waals surface area contributed by atoms with Gasteiger partial charge in [-0.3, -0.25) is 14.6 Å². The van der Waals surface area contributed by atoms with Crippen LogP contribution in [0.3, 0.4) is 0 Å². The number of thioether (sulfide) groups is 1. The summed E-state index contributed by atoms with van der Waals surface area (Å²) in [6.07, 6.45) is 3.08. The van der Waals surface area contributed by atoms with Crippen LogP contribution in [-0.4, -0.2) is 30.3 Å². The molecular formula is C18H17ClN4O3S2. The molecule has 0 unspecified atom stereocenters. The van der Waals surface area contributed by atoms with Gasteiger partial charge in [0.25, 0.3) is 10.0 Å². The van der Waals surface area contributed by atoms with E-state index in [0.29, 0.717) is 22.2 Å². The second kappa shape index (κ2) is 9.13. The highest BCUT2D eigenvalue weighted by molar-refractivity contribution is 7.99. The number of sulfonamides is 1. The predicted molar refractivity (Wildman–Crippen MR) is 111 cm³/mol. The molecule has 0 aliphatic heterocycles. The number of carbonyl (C=O) groups excluding carboxylic acids is 1. The van der Waals surface area contributed by atoms with Crippen molar-refractivity contribution in [3.05, 3.63) is 65.9 Å². The summed E-state index contributed by atoms with van der Waals surface area (Å²) in [5, 5.41) is 9.62. The third-order valence-electron chi connectivity index (χ3n) is 3.59. The SMILES string of the molecule is O=C(CCSc1ccc(Cl)cc1)Nc1cccc(S(=O)(=O)Nc2cn[nH]c2)c1. The molecule has 0 atom stereocenters. The summed E-state index contributed by atoms with van der Waals surface area (Å²) < 4.78 is 27.2. The van der Waals surface area contributed by atoms with Crippen LogP contribution in [0, 0.1) is 0 Å². The number of aromatic nitrogens is 2. The summed E-state index contributed by atoms with van der Waals surface area (Å²) in [6, 6.07) is 13.5. The number of amides is 1. The lowest BCUT2D eigenvalue weighted by Crippen LogP contribution is -2.15. The third-order valence-corrected chi connectivity index (χ3v) is 6.23. The van der Waals surface area contributed by atoms with Gasteiger partial charge in [0.2, 0.25) is 5.91 Å². The van der Waals surface area contributed by atoms with Crippen molar-refractivity contribution in [3.63, 3.8) is 0 Å². The van der Waals surface area contributed by atoms with Gasteiger partial charge in [-0.25, -0.2) is 8.42 Å². The Morgan fingerprint density at radius 1 is 1.14 bits per heavy atom. The first-order valence-corrected chi connectivity index (χ1v) is 11.1. The van der Waals surface area contributed by atoms with Crippen molar-refractivity contribution in [2.24, 2.45) is 0 Å². The van der Waals surface area contributed by atoms with E-state index in [9.17, 15) is 13.2 Å². The summed E-state index contributed by atoms with van der Waals surface area (Å²) in [5.41, 5.74) is 0.741. The molecule has 7 nitrogen and oxygen atoms in total. The van der Waals surface area contributed by atoms with Gasteiger partial charge in [-0.05, 0) is 42.5 Å². The molecule has 0 aliphatic rings. The van der Waals surface area contributed by atoms with Crippen molar-refractivity contribution >= 4 is 50.7 Å². The molecule has 3 N–H and O–H groups in total. The van der Waals surface area contributed by atoms with E-state index in [0.717, 1.165) is 4.90 Å². The maximum absolute atomic E-state index is 12.4. The molecule has 1 aromatic heterocycles. The van der Waals surface area contributed by atoms with Gasteiger partial charge in [0.15, 0.2) is 0 Å². The Labute approximate surface area is 171 Å². The zero-order valence-corrected chi connectivity index (χ0v) is 16.9. The van der Waals surface area contributed by atoms with Crippen molar-refractivity contribution in [2.75, 3.05) is 15.8 Å². The second-order valence-corrected chi connectivity index (χ2v) is 9.01. The second-order valence-electron chi connectivity index (χ2n) is 5.72. The topological polar surface area (TPSA) is 104 Å². The number of benzene rings is 2. The normalized spacial score (nSPS) is 11.2. The van der Waals surface area contributed by atoms with E-state index in [2.05, 4.69) is 20.2 Å². The lowest BCUT2D eigenvalue weighted by molar-refractivity contribution is -0.115. The zero-order chi connectivity index (χ0) is 20.0. The molecule has 0 aliphatic carbocycles. The summed E-state index contributed by atoms with van der Waals surface area (Å²) in [4.78, 5) is 13.2. The van der Waals surface area contributed by atoms with E-state index in [1.807, 2.05) is 12.1 Å². The van der Waals surface area contributed by atoms with E-state index in [-0.39, 0.29) is 17.2 Å². The van der Waals surface area contributed by atoms with Crippen molar-refractivity contribution in [2.45, 2.75) is 16.2 Å². The maximum atomic E-state index is 12.4. The summed E-state index contributed by atoms with van der Waals surface area (Å²) in [5.74, 6) is 0.395. The number of nitrogens with one attached hydrogen (secondary N) is 3. The Balaban J connectivity index is 1.56. The van der Waals surface area contributed by atoms with Gasteiger partial charge in [-0.2, -0.15) is 5.10 Å². The standard InChI is InChI=1S/C18H17ClN4O3S2/c19-13-4-6-16(7-5-13)27-9-8-18(24)22-14-2-1-3-17(10-14)28(25,26)23-15-11-20-21-12-15/h1-7,10-12,23H,8-9H2,(H,20,21)(H,22,24). The molecule has 0 fully saturated rings. The first-order chi connectivity index (χ1) is 13.4. The summed E-state index contributed by atoms with van der Waals surface area (Å²) in [6.45, 7) is 0. The van der Waals surface area contributed by atoms with Gasteiger partial charge >= 0.3 is 0 Å². The summed E-state index contributed by atoms with van der Waals surface area (Å²) in [7, 11) is -3.77. The van der Waals surface area contributed by atoms with E-state index >= 15 is 0 Å². The van der Waals surface area contributed by atoms with Gasteiger partial charge < -0.3 is 5.32 Å². The van der Waals surface area contributed by atoms with Crippen LogP contribution in [0.2, 0.25) is 5.02 Å².